The van der Waals surface area contributed by atoms with Gasteiger partial charge in [0.2, 0.25) is 5.91 Å². The maximum atomic E-state index is 13.1. The van der Waals surface area contributed by atoms with E-state index in [1.54, 1.807) is 6.92 Å². The van der Waals surface area contributed by atoms with Crippen molar-refractivity contribution >= 4 is 17.3 Å². The minimum absolute atomic E-state index is 0.0733. The zero-order valence-corrected chi connectivity index (χ0v) is 14.9. The standard InChI is InChI=1S/C21H26N2O2/c1-16-12-13-18-8-6-7-11-20(18)23(16)21(25)15-22(14-17(2)24)19-9-4-3-5-10-19/h3-11,16-17,24H,12-15H2,1-2H3/t16-,17+/m1/s1. The average Bonchev–Trinajstić information content (AvgIpc) is 2.61. The summed E-state index contributed by atoms with van der Waals surface area (Å²) in [5, 5.41) is 9.85. The molecule has 0 radical (unpaired) electrons. The van der Waals surface area contributed by atoms with E-state index < -0.39 is 6.10 Å². The monoisotopic (exact) mass is 338 g/mol. The molecule has 4 nitrogen and oxygen atoms in total. The number of rotatable bonds is 5. The van der Waals surface area contributed by atoms with E-state index in [9.17, 15) is 9.90 Å². The van der Waals surface area contributed by atoms with Gasteiger partial charge < -0.3 is 14.9 Å². The number of aryl methyl sites for hydroxylation is 1. The van der Waals surface area contributed by atoms with Crippen LogP contribution in [0.25, 0.3) is 0 Å². The maximum absolute atomic E-state index is 13.1. The average molecular weight is 338 g/mol. The second kappa shape index (κ2) is 7.70. The molecule has 3 rings (SSSR count). The van der Waals surface area contributed by atoms with Crippen molar-refractivity contribution in [2.45, 2.75) is 38.8 Å². The molecule has 4 heteroatoms. The summed E-state index contributed by atoms with van der Waals surface area (Å²) >= 11 is 0. The number of anilines is 2. The summed E-state index contributed by atoms with van der Waals surface area (Å²) in [5.41, 5.74) is 3.21. The van der Waals surface area contributed by atoms with Gasteiger partial charge in [-0.2, -0.15) is 0 Å². The van der Waals surface area contributed by atoms with Gasteiger partial charge in [-0.3, -0.25) is 4.79 Å². The summed E-state index contributed by atoms with van der Waals surface area (Å²) in [6, 6.07) is 18.1. The molecule has 0 saturated heterocycles. The lowest BCUT2D eigenvalue weighted by Gasteiger charge is -2.37. The highest BCUT2D eigenvalue weighted by atomic mass is 16.3. The van der Waals surface area contributed by atoms with Crippen molar-refractivity contribution in [3.63, 3.8) is 0 Å². The Hall–Kier alpha value is -2.33. The third-order valence-corrected chi connectivity index (χ3v) is 4.72. The normalized spacial score (nSPS) is 17.7. The fraction of sp³-hybridized carbons (Fsp3) is 0.381. The summed E-state index contributed by atoms with van der Waals surface area (Å²) in [4.78, 5) is 17.0. The largest absolute Gasteiger partial charge is 0.392 e. The van der Waals surface area contributed by atoms with Crippen molar-refractivity contribution in [3.8, 4) is 0 Å². The molecule has 0 spiro atoms. The van der Waals surface area contributed by atoms with Crippen LogP contribution in [0.1, 0.15) is 25.8 Å². The Kier molecular flexibility index (Phi) is 5.39. The van der Waals surface area contributed by atoms with Gasteiger partial charge >= 0.3 is 0 Å². The molecule has 25 heavy (non-hydrogen) atoms. The van der Waals surface area contributed by atoms with E-state index in [1.807, 2.05) is 58.3 Å². The third-order valence-electron chi connectivity index (χ3n) is 4.72. The minimum Gasteiger partial charge on any atom is -0.392 e. The van der Waals surface area contributed by atoms with Crippen LogP contribution in [0, 0.1) is 0 Å². The third kappa shape index (κ3) is 4.02. The maximum Gasteiger partial charge on any atom is 0.246 e. The van der Waals surface area contributed by atoms with Gasteiger partial charge in [-0.1, -0.05) is 36.4 Å². The van der Waals surface area contributed by atoms with Crippen molar-refractivity contribution in [3.05, 3.63) is 60.2 Å². The molecule has 0 aromatic heterocycles. The summed E-state index contributed by atoms with van der Waals surface area (Å²) in [5.74, 6) is 0.0733. The number of carbonyl (C=O) groups is 1. The Morgan fingerprint density at radius 1 is 1.20 bits per heavy atom. The molecule has 0 saturated carbocycles. The Morgan fingerprint density at radius 2 is 1.88 bits per heavy atom. The van der Waals surface area contributed by atoms with Gasteiger partial charge in [-0.15, -0.1) is 0 Å². The Morgan fingerprint density at radius 3 is 2.60 bits per heavy atom. The molecule has 132 valence electrons. The van der Waals surface area contributed by atoms with Gasteiger partial charge in [0, 0.05) is 24.0 Å². The zero-order valence-electron chi connectivity index (χ0n) is 14.9. The van der Waals surface area contributed by atoms with Crippen LogP contribution in [0.5, 0.6) is 0 Å². The Balaban J connectivity index is 1.84. The molecule has 1 amide bonds. The molecule has 2 aromatic carbocycles. The fourth-order valence-electron chi connectivity index (χ4n) is 3.53. The molecule has 2 aromatic rings. The number of benzene rings is 2. The van der Waals surface area contributed by atoms with Gasteiger partial charge in [0.15, 0.2) is 0 Å². The highest BCUT2D eigenvalue weighted by Gasteiger charge is 2.29. The Labute approximate surface area is 149 Å². The van der Waals surface area contributed by atoms with Crippen LogP contribution in [0.15, 0.2) is 54.6 Å². The van der Waals surface area contributed by atoms with Crippen molar-refractivity contribution in [1.82, 2.24) is 0 Å². The van der Waals surface area contributed by atoms with E-state index in [0.29, 0.717) is 6.54 Å². The van der Waals surface area contributed by atoms with Gasteiger partial charge in [-0.05, 0) is 50.5 Å². The molecule has 1 N–H and O–H groups in total. The van der Waals surface area contributed by atoms with Gasteiger partial charge in [-0.25, -0.2) is 0 Å². The summed E-state index contributed by atoms with van der Waals surface area (Å²) < 4.78 is 0. The summed E-state index contributed by atoms with van der Waals surface area (Å²) in [6.07, 6.45) is 1.49. The smallest absolute Gasteiger partial charge is 0.246 e. The first kappa shape index (κ1) is 17.5. The second-order valence-corrected chi connectivity index (χ2v) is 6.85. The van der Waals surface area contributed by atoms with E-state index in [1.165, 1.54) is 5.56 Å². The number of hydrogen-bond acceptors (Lipinski definition) is 3. The highest BCUT2D eigenvalue weighted by molar-refractivity contribution is 5.98. The van der Waals surface area contributed by atoms with E-state index >= 15 is 0 Å². The van der Waals surface area contributed by atoms with E-state index in [-0.39, 0.29) is 18.5 Å². The summed E-state index contributed by atoms with van der Waals surface area (Å²) in [7, 11) is 0. The molecule has 0 unspecified atom stereocenters. The number of nitrogens with zero attached hydrogens (tertiary/aromatic N) is 2. The first-order chi connectivity index (χ1) is 12.1. The van der Waals surface area contributed by atoms with Crippen molar-refractivity contribution in [2.24, 2.45) is 0 Å². The molecule has 1 aliphatic heterocycles. The lowest BCUT2D eigenvalue weighted by atomic mass is 9.96. The van der Waals surface area contributed by atoms with Crippen LogP contribution in [0.3, 0.4) is 0 Å². The van der Waals surface area contributed by atoms with Gasteiger partial charge in [0.1, 0.15) is 0 Å². The predicted octanol–water partition coefficient (Wildman–Crippen LogP) is 3.24. The van der Waals surface area contributed by atoms with Crippen LogP contribution in [0.4, 0.5) is 11.4 Å². The predicted molar refractivity (Wildman–Crippen MR) is 102 cm³/mol. The van der Waals surface area contributed by atoms with Crippen LogP contribution in [0.2, 0.25) is 0 Å². The number of hydrogen-bond donors (Lipinski definition) is 1. The SMILES string of the molecule is C[C@H](O)CN(CC(=O)N1c2ccccc2CC[C@H]1C)c1ccccc1. The summed E-state index contributed by atoms with van der Waals surface area (Å²) in [6.45, 7) is 4.54. The lowest BCUT2D eigenvalue weighted by molar-refractivity contribution is -0.117. The number of aliphatic hydroxyl groups is 1. The first-order valence-electron chi connectivity index (χ1n) is 8.94. The quantitative estimate of drug-likeness (QED) is 0.910. The molecule has 0 bridgehead atoms. The van der Waals surface area contributed by atoms with Gasteiger partial charge in [0.05, 0.1) is 12.6 Å². The lowest BCUT2D eigenvalue weighted by Crippen LogP contribution is -2.48. The topological polar surface area (TPSA) is 43.8 Å². The first-order valence-corrected chi connectivity index (χ1v) is 8.94. The minimum atomic E-state index is -0.501. The molecule has 0 fully saturated rings. The van der Waals surface area contributed by atoms with Crippen LogP contribution < -0.4 is 9.80 Å². The number of aliphatic hydroxyl groups excluding tert-OH is 1. The number of para-hydroxylation sites is 2. The van der Waals surface area contributed by atoms with Gasteiger partial charge in [0.25, 0.3) is 0 Å². The van der Waals surface area contributed by atoms with Crippen LogP contribution >= 0.6 is 0 Å². The highest BCUT2D eigenvalue weighted by Crippen LogP contribution is 2.30. The molecule has 1 aliphatic rings. The number of amides is 1. The number of fused-ring (bicyclic) bond motifs is 1. The van der Waals surface area contributed by atoms with E-state index in [0.717, 1.165) is 24.2 Å². The van der Waals surface area contributed by atoms with Crippen LogP contribution in [-0.2, 0) is 11.2 Å². The van der Waals surface area contributed by atoms with E-state index in [4.69, 9.17) is 0 Å². The van der Waals surface area contributed by atoms with Crippen molar-refractivity contribution < 1.29 is 9.90 Å². The molecule has 0 aliphatic carbocycles. The van der Waals surface area contributed by atoms with Crippen molar-refractivity contribution in [2.75, 3.05) is 22.9 Å². The number of carbonyl (C=O) groups excluding carboxylic acids is 1. The van der Waals surface area contributed by atoms with Crippen LogP contribution in [-0.4, -0.2) is 36.2 Å². The van der Waals surface area contributed by atoms with E-state index in [2.05, 4.69) is 13.0 Å². The Bertz CT molecular complexity index is 715. The molecule has 1 heterocycles. The zero-order chi connectivity index (χ0) is 17.8. The fourth-order valence-corrected chi connectivity index (χ4v) is 3.53. The molecular formula is C21H26N2O2. The second-order valence-electron chi connectivity index (χ2n) is 6.85. The van der Waals surface area contributed by atoms with Crippen molar-refractivity contribution in [1.29, 1.82) is 0 Å². The molecular weight excluding hydrogens is 312 g/mol. The molecule has 2 atom stereocenters.